The maximum absolute atomic E-state index is 5.33. The second-order valence-corrected chi connectivity index (χ2v) is 8.37. The van der Waals surface area contributed by atoms with Crippen LogP contribution in [0.25, 0.3) is 0 Å². The van der Waals surface area contributed by atoms with E-state index >= 15 is 0 Å². The Morgan fingerprint density at radius 2 is 2.09 bits per heavy atom. The fourth-order valence-electron chi connectivity index (χ4n) is 4.27. The van der Waals surface area contributed by atoms with Gasteiger partial charge in [-0.1, -0.05) is 80.4 Å². The van der Waals surface area contributed by atoms with Crippen LogP contribution in [0.3, 0.4) is 0 Å². The Hall–Kier alpha value is -2.11. The lowest BCUT2D eigenvalue weighted by Gasteiger charge is -2.24. The number of aliphatic imine (C=N–C) groups is 1. The van der Waals surface area contributed by atoms with Crippen molar-refractivity contribution < 1.29 is 0 Å². The predicted molar refractivity (Wildman–Crippen MR) is 144 cm³/mol. The first-order valence-corrected chi connectivity index (χ1v) is 12.6. The molecule has 0 aromatic heterocycles. The van der Waals surface area contributed by atoms with E-state index in [0.29, 0.717) is 11.8 Å². The lowest BCUT2D eigenvalue weighted by molar-refractivity contribution is 0.644. The van der Waals surface area contributed by atoms with Crippen molar-refractivity contribution in [2.45, 2.75) is 92.0 Å². The molecule has 0 aromatic rings. The summed E-state index contributed by atoms with van der Waals surface area (Å²) in [6, 6.07) is 0.186. The number of likely N-dealkylation sites (N-methyl/N-ethyl adjacent to an activating group) is 1. The molecule has 0 saturated heterocycles. The molecule has 3 atom stereocenters. The van der Waals surface area contributed by atoms with E-state index in [4.69, 9.17) is 4.99 Å². The summed E-state index contributed by atoms with van der Waals surface area (Å²) >= 11 is 0. The number of rotatable bonds is 11. The minimum absolute atomic E-state index is 0.186. The van der Waals surface area contributed by atoms with E-state index in [1.165, 1.54) is 23.4 Å². The van der Waals surface area contributed by atoms with Crippen LogP contribution in [0.15, 0.2) is 64.9 Å². The molecule has 0 aliphatic heterocycles. The van der Waals surface area contributed by atoms with Gasteiger partial charge >= 0.3 is 0 Å². The normalized spacial score (nSPS) is 21.9. The van der Waals surface area contributed by atoms with E-state index in [1.54, 1.807) is 0 Å². The number of allylic oxidation sites excluding steroid dienone is 8. The SMILES string of the molecule is CC#CC1C=CCCC/C([C@@H](NC)/C(CC)=N\C(=CC/C=C/C)C(C=CC)CCC)=C\C1. The first kappa shape index (κ1) is 27.9. The fourth-order valence-corrected chi connectivity index (χ4v) is 4.27. The second-order valence-electron chi connectivity index (χ2n) is 8.37. The minimum Gasteiger partial charge on any atom is -0.309 e. The molecule has 2 unspecified atom stereocenters. The van der Waals surface area contributed by atoms with E-state index < -0.39 is 0 Å². The predicted octanol–water partition coefficient (Wildman–Crippen LogP) is 7.96. The number of hydrogen-bond donors (Lipinski definition) is 1. The topological polar surface area (TPSA) is 24.4 Å². The van der Waals surface area contributed by atoms with Gasteiger partial charge in [0.05, 0.1) is 6.04 Å². The van der Waals surface area contributed by atoms with Gasteiger partial charge in [0.2, 0.25) is 0 Å². The van der Waals surface area contributed by atoms with Crippen LogP contribution >= 0.6 is 0 Å². The lowest BCUT2D eigenvalue weighted by Crippen LogP contribution is -2.36. The summed E-state index contributed by atoms with van der Waals surface area (Å²) in [5.74, 6) is 7.13. The van der Waals surface area contributed by atoms with E-state index in [0.717, 1.165) is 44.9 Å². The van der Waals surface area contributed by atoms with Crippen molar-refractivity contribution in [2.24, 2.45) is 16.8 Å². The average Bonchev–Trinajstić information content (AvgIpc) is 2.91. The van der Waals surface area contributed by atoms with Crippen molar-refractivity contribution in [1.82, 2.24) is 5.32 Å². The molecule has 0 spiro atoms. The quantitative estimate of drug-likeness (QED) is 0.199. The molecular formula is C30H46N2. The average molecular weight is 435 g/mol. The van der Waals surface area contributed by atoms with E-state index in [9.17, 15) is 0 Å². The van der Waals surface area contributed by atoms with Gasteiger partial charge in [-0.15, -0.1) is 5.92 Å². The highest BCUT2D eigenvalue weighted by atomic mass is 14.9. The highest BCUT2D eigenvalue weighted by Crippen LogP contribution is 2.25. The molecule has 1 aliphatic rings. The summed E-state index contributed by atoms with van der Waals surface area (Å²) in [5.41, 5.74) is 3.91. The minimum atomic E-state index is 0.186. The summed E-state index contributed by atoms with van der Waals surface area (Å²) in [5, 5.41) is 3.60. The molecule has 1 aliphatic carbocycles. The van der Waals surface area contributed by atoms with Gasteiger partial charge in [-0.3, -0.25) is 4.99 Å². The molecule has 0 fully saturated rings. The van der Waals surface area contributed by atoms with Crippen LogP contribution in [-0.2, 0) is 0 Å². The number of hydrogen-bond acceptors (Lipinski definition) is 2. The van der Waals surface area contributed by atoms with Crippen LogP contribution in [0.5, 0.6) is 0 Å². The van der Waals surface area contributed by atoms with Crippen molar-refractivity contribution in [3.05, 3.63) is 59.9 Å². The summed E-state index contributed by atoms with van der Waals surface area (Å²) in [6.07, 6.45) is 26.7. The lowest BCUT2D eigenvalue weighted by atomic mass is 9.93. The standard InChI is InChI=1S/C30H46N2/c1-7-12-14-22-29(26(18-9-3)19-10-4)32-28(11-5)30(31-6)27-21-16-13-15-20-25(17-8-2)23-24-27/h7,9,12,15,18,20,22,24-26,30-31H,10-11,13-14,16,19,21,23H2,1-6H3/b12-7+,18-9?,20-15?,27-24+,29-22?,32-28-/t25?,26?,30-/m1/s1. The van der Waals surface area contributed by atoms with Crippen molar-refractivity contribution in [1.29, 1.82) is 0 Å². The van der Waals surface area contributed by atoms with Gasteiger partial charge in [0.25, 0.3) is 0 Å². The molecule has 0 aromatic carbocycles. The summed E-state index contributed by atoms with van der Waals surface area (Å²) in [4.78, 5) is 5.33. The molecular weight excluding hydrogens is 388 g/mol. The Morgan fingerprint density at radius 1 is 1.28 bits per heavy atom. The van der Waals surface area contributed by atoms with Crippen molar-refractivity contribution >= 4 is 5.71 Å². The largest absolute Gasteiger partial charge is 0.309 e. The number of nitrogens with one attached hydrogen (secondary N) is 1. The first-order chi connectivity index (χ1) is 15.6. The maximum atomic E-state index is 5.33. The van der Waals surface area contributed by atoms with Crippen LogP contribution in [0.1, 0.15) is 86.0 Å². The molecule has 176 valence electrons. The van der Waals surface area contributed by atoms with Gasteiger partial charge in [0.15, 0.2) is 0 Å². The van der Waals surface area contributed by atoms with Crippen LogP contribution < -0.4 is 5.32 Å². The van der Waals surface area contributed by atoms with Crippen LogP contribution in [-0.4, -0.2) is 18.8 Å². The third-order valence-corrected chi connectivity index (χ3v) is 5.90. The monoisotopic (exact) mass is 434 g/mol. The third-order valence-electron chi connectivity index (χ3n) is 5.90. The Morgan fingerprint density at radius 3 is 2.72 bits per heavy atom. The van der Waals surface area contributed by atoms with Crippen LogP contribution in [0.4, 0.5) is 0 Å². The zero-order chi connectivity index (χ0) is 23.6. The fraction of sp³-hybridized carbons (Fsp3) is 0.567. The van der Waals surface area contributed by atoms with E-state index in [1.807, 2.05) is 6.92 Å². The smallest absolute Gasteiger partial charge is 0.0668 e. The molecule has 0 saturated carbocycles. The van der Waals surface area contributed by atoms with Gasteiger partial charge in [0, 0.05) is 23.2 Å². The Balaban J connectivity index is 3.35. The van der Waals surface area contributed by atoms with Gasteiger partial charge in [0.1, 0.15) is 0 Å². The summed E-state index contributed by atoms with van der Waals surface area (Å²) < 4.78 is 0. The van der Waals surface area contributed by atoms with Crippen molar-refractivity contribution in [2.75, 3.05) is 7.05 Å². The second kappa shape index (κ2) is 17.4. The first-order valence-electron chi connectivity index (χ1n) is 12.6. The van der Waals surface area contributed by atoms with Gasteiger partial charge in [-0.2, -0.15) is 0 Å². The van der Waals surface area contributed by atoms with Crippen molar-refractivity contribution in [3.8, 4) is 11.8 Å². The molecule has 0 bridgehead atoms. The van der Waals surface area contributed by atoms with Crippen LogP contribution in [0.2, 0.25) is 0 Å². The molecule has 1 N–H and O–H groups in total. The number of nitrogens with zero attached hydrogens (tertiary/aromatic N) is 1. The van der Waals surface area contributed by atoms with Gasteiger partial charge in [-0.05, 0) is 72.8 Å². The van der Waals surface area contributed by atoms with E-state index in [-0.39, 0.29) is 6.04 Å². The zero-order valence-electron chi connectivity index (χ0n) is 21.5. The third kappa shape index (κ3) is 10.0. The molecule has 2 heteroatoms. The zero-order valence-corrected chi connectivity index (χ0v) is 21.5. The summed E-state index contributed by atoms with van der Waals surface area (Å²) in [7, 11) is 2.07. The molecule has 1 rings (SSSR count). The van der Waals surface area contributed by atoms with Crippen LogP contribution in [0, 0.1) is 23.7 Å². The Labute approximate surface area is 198 Å². The Kier molecular flexibility index (Phi) is 15.2. The molecule has 0 heterocycles. The van der Waals surface area contributed by atoms with E-state index in [2.05, 4.69) is 101 Å². The molecule has 2 nitrogen and oxygen atoms in total. The Bertz CT molecular complexity index is 764. The summed E-state index contributed by atoms with van der Waals surface area (Å²) in [6.45, 7) is 10.6. The van der Waals surface area contributed by atoms with Gasteiger partial charge < -0.3 is 5.32 Å². The highest BCUT2D eigenvalue weighted by Gasteiger charge is 2.20. The molecule has 0 amide bonds. The highest BCUT2D eigenvalue weighted by molar-refractivity contribution is 5.93. The maximum Gasteiger partial charge on any atom is 0.0668 e. The molecule has 32 heavy (non-hydrogen) atoms. The van der Waals surface area contributed by atoms with Crippen molar-refractivity contribution in [3.63, 3.8) is 0 Å². The van der Waals surface area contributed by atoms with Gasteiger partial charge in [-0.25, -0.2) is 0 Å². The molecule has 0 radical (unpaired) electrons.